The monoisotopic (exact) mass is 1320 g/mol. The molecular formula is C61H59AgN2O2Sb3. The summed E-state index contributed by atoms with van der Waals surface area (Å²) in [4.78, 5) is 11.2. The molecule has 0 aliphatic rings. The number of ketones is 1. The Morgan fingerprint density at radius 3 is 0.609 bits per heavy atom. The summed E-state index contributed by atoms with van der Waals surface area (Å²) in [6.45, 7) is 5.01. The van der Waals surface area contributed by atoms with E-state index in [1.165, 1.54) is 31.6 Å². The number of Topliss-reactive ketones (excluding diaryl/α,β-unsaturated/α-hetero) is 1. The summed E-state index contributed by atoms with van der Waals surface area (Å²) < 4.78 is 13.8. The maximum absolute atomic E-state index is 11.2. The molecule has 69 heavy (non-hydrogen) atoms. The minimum absolute atomic E-state index is 0. The molecule has 351 valence electrons. The molecule has 0 aromatic heterocycles. The van der Waals surface area contributed by atoms with E-state index in [4.69, 9.17) is 10.5 Å². The number of hydrogen-bond donors (Lipinski definition) is 1. The third kappa shape index (κ3) is 17.3. The van der Waals surface area contributed by atoms with Crippen molar-refractivity contribution in [1.82, 2.24) is 0 Å². The number of nitriles is 1. The Hall–Kier alpha value is -4.75. The first kappa shape index (κ1) is 55.2. The molecule has 1 atom stereocenters. The standard InChI is InChI=1S/C7H11N2O2.9C6H5.Ag.3Sb.3H/c1-7(2,3)6(10)5(4-8)9-11;9*1-2-4-6-5-3-1;;;;;;;/h5,11H,1-3H3;9*1-5H;;;;;;;/q-1;;;;;;;;;;+1;;;;;;. The third-order valence-corrected chi connectivity index (χ3v) is 34.2. The Labute approximate surface area is 447 Å². The summed E-state index contributed by atoms with van der Waals surface area (Å²) in [5, 5.41) is 16.6. The van der Waals surface area contributed by atoms with Gasteiger partial charge < -0.3 is 10.7 Å². The van der Waals surface area contributed by atoms with Crippen molar-refractivity contribution in [2.75, 3.05) is 0 Å². The molecule has 0 saturated heterocycles. The molecule has 0 spiro atoms. The number of hydroxylamine groups is 1. The predicted octanol–water partition coefficient (Wildman–Crippen LogP) is 7.06. The van der Waals surface area contributed by atoms with E-state index in [9.17, 15) is 4.79 Å². The van der Waals surface area contributed by atoms with Gasteiger partial charge in [0, 0.05) is 11.5 Å². The summed E-state index contributed by atoms with van der Waals surface area (Å²) in [6.07, 6.45) is 0. The van der Waals surface area contributed by atoms with Gasteiger partial charge in [0.1, 0.15) is 5.78 Å². The summed E-state index contributed by atoms with van der Waals surface area (Å²) in [6, 6.07) is 99.2. The van der Waals surface area contributed by atoms with Crippen molar-refractivity contribution in [2.45, 2.75) is 26.8 Å². The van der Waals surface area contributed by atoms with E-state index in [2.05, 4.69) is 278 Å². The van der Waals surface area contributed by atoms with Gasteiger partial charge in [0.15, 0.2) is 0 Å². The molecule has 0 fully saturated rings. The Morgan fingerprint density at radius 2 is 0.522 bits per heavy atom. The van der Waals surface area contributed by atoms with E-state index in [1.54, 1.807) is 26.8 Å². The molecule has 0 saturated carbocycles. The number of rotatable bonds is 11. The molecule has 1 unspecified atom stereocenters. The van der Waals surface area contributed by atoms with E-state index >= 15 is 0 Å². The van der Waals surface area contributed by atoms with Crippen LogP contribution in [0.2, 0.25) is 0 Å². The molecule has 0 bridgehead atoms. The molecule has 0 aliphatic carbocycles. The molecule has 0 heterocycles. The van der Waals surface area contributed by atoms with Crippen LogP contribution in [0.25, 0.3) is 5.48 Å². The average Bonchev–Trinajstić information content (AvgIpc) is 3.40. The van der Waals surface area contributed by atoms with Crippen LogP contribution in [0.5, 0.6) is 0 Å². The van der Waals surface area contributed by atoms with Crippen LogP contribution >= 0.6 is 0 Å². The molecule has 3 radical (unpaired) electrons. The maximum atomic E-state index is 11.2. The summed E-state index contributed by atoms with van der Waals surface area (Å²) in [7, 11) is 0. The number of carbonyl (C=O) groups excluding carboxylic acids is 1. The fraction of sp³-hybridized carbons (Fsp3) is 0.0820. The van der Waals surface area contributed by atoms with Crippen molar-refractivity contribution >= 4 is 98.0 Å². The first-order valence-electron chi connectivity index (χ1n) is 22.7. The van der Waals surface area contributed by atoms with Crippen LogP contribution in [0, 0.1) is 16.7 Å². The van der Waals surface area contributed by atoms with E-state index < -0.39 is 72.1 Å². The third-order valence-electron chi connectivity index (χ3n) is 10.8. The van der Waals surface area contributed by atoms with Gasteiger partial charge in [-0.1, -0.05) is 20.8 Å². The van der Waals surface area contributed by atoms with Crippen molar-refractivity contribution in [3.05, 3.63) is 278 Å². The Balaban J connectivity index is 0.000000174. The predicted molar refractivity (Wildman–Crippen MR) is 295 cm³/mol. The van der Waals surface area contributed by atoms with Gasteiger partial charge in [0.2, 0.25) is 0 Å². The van der Waals surface area contributed by atoms with E-state index in [0.29, 0.717) is 0 Å². The van der Waals surface area contributed by atoms with Crippen LogP contribution in [-0.4, -0.2) is 77.7 Å². The average molecular weight is 1330 g/mol. The van der Waals surface area contributed by atoms with Crippen LogP contribution in [-0.2, 0) is 27.2 Å². The van der Waals surface area contributed by atoms with Crippen LogP contribution < -0.4 is 31.6 Å². The number of benzene rings is 9. The van der Waals surface area contributed by atoms with E-state index in [-0.39, 0.29) is 28.2 Å². The van der Waals surface area contributed by atoms with E-state index in [0.717, 1.165) is 0 Å². The number of nitrogens with zero attached hydrogens (tertiary/aromatic N) is 2. The van der Waals surface area contributed by atoms with Gasteiger partial charge in [-0.15, -0.1) is 0 Å². The molecule has 4 nitrogen and oxygen atoms in total. The summed E-state index contributed by atoms with van der Waals surface area (Å²) in [5.74, 6) is -0.373. The van der Waals surface area contributed by atoms with Gasteiger partial charge in [-0.25, -0.2) is 0 Å². The van der Waals surface area contributed by atoms with Gasteiger partial charge >= 0.3 is 388 Å². The van der Waals surface area contributed by atoms with Gasteiger partial charge in [-0.05, 0) is 0 Å². The fourth-order valence-corrected chi connectivity index (χ4v) is 29.6. The normalized spacial score (nSPS) is 10.9. The molecule has 8 heteroatoms. The first-order chi connectivity index (χ1) is 33.3. The van der Waals surface area contributed by atoms with Gasteiger partial charge in [-0.2, -0.15) is 5.26 Å². The molecule has 1 N–H and O–H groups in total. The van der Waals surface area contributed by atoms with Crippen molar-refractivity contribution < 1.29 is 32.4 Å². The molecule has 0 aliphatic heterocycles. The Bertz CT molecular complexity index is 2260. The number of hydrogen-bond acceptors (Lipinski definition) is 3. The van der Waals surface area contributed by atoms with Crippen molar-refractivity contribution in [1.29, 1.82) is 5.26 Å². The topological polar surface area (TPSA) is 75.2 Å². The second-order valence-corrected chi connectivity index (χ2v) is 37.9. The Kier molecular flexibility index (Phi) is 24.1. The molecule has 9 aromatic carbocycles. The Morgan fingerprint density at radius 1 is 0.377 bits per heavy atom. The van der Waals surface area contributed by atoms with Gasteiger partial charge in [0.25, 0.3) is 0 Å². The quantitative estimate of drug-likeness (QED) is 0.112. The zero-order valence-corrected chi connectivity index (χ0v) is 49.2. The zero-order chi connectivity index (χ0) is 47.8. The van der Waals surface area contributed by atoms with E-state index in [1.807, 2.05) is 0 Å². The zero-order valence-electron chi connectivity index (χ0n) is 39.1. The fourth-order valence-electron chi connectivity index (χ4n) is 7.49. The second kappa shape index (κ2) is 30.1. The van der Waals surface area contributed by atoms with Gasteiger partial charge in [-0.3, -0.25) is 4.79 Å². The van der Waals surface area contributed by atoms with Crippen molar-refractivity contribution in [3.63, 3.8) is 0 Å². The second-order valence-electron chi connectivity index (χ2n) is 16.7. The van der Waals surface area contributed by atoms with Crippen LogP contribution in [0.3, 0.4) is 0 Å². The molecular weight excluding hydrogens is 1270 g/mol. The van der Waals surface area contributed by atoms with Crippen LogP contribution in [0.1, 0.15) is 20.8 Å². The van der Waals surface area contributed by atoms with Crippen LogP contribution in [0.15, 0.2) is 273 Å². The molecule has 9 rings (SSSR count). The van der Waals surface area contributed by atoms with Crippen molar-refractivity contribution in [2.24, 2.45) is 5.41 Å². The summed E-state index contributed by atoms with van der Waals surface area (Å²) >= 11 is -5.94. The van der Waals surface area contributed by atoms with Crippen molar-refractivity contribution in [3.8, 4) is 6.07 Å². The minimum atomic E-state index is -1.98. The van der Waals surface area contributed by atoms with Crippen LogP contribution in [0.4, 0.5) is 0 Å². The first-order valence-corrected chi connectivity index (χ1v) is 35.5. The van der Waals surface area contributed by atoms with Gasteiger partial charge in [0.05, 0.1) is 6.07 Å². The SMILES string of the molecule is CC(C)(C)C(=O)C(C#N)[N-]O.[Ag+].c1cc[c]([SbH]([c]2ccccc2)[c]2ccccc2)cc1.c1cc[c]([SbH]([c]2ccccc2)[c]2ccccc2)cc1.c1cc[c]([SbH]([c]2ccccc2)[c]2ccccc2)cc1. The molecule has 0 amide bonds. The number of carbonyl (C=O) groups is 1. The molecule has 9 aromatic rings. The summed E-state index contributed by atoms with van der Waals surface area (Å²) in [5.41, 5.74) is 2.03.